The summed E-state index contributed by atoms with van der Waals surface area (Å²) in [6, 6.07) is 12.2. The van der Waals surface area contributed by atoms with Crippen LogP contribution in [0, 0.1) is 0 Å². The van der Waals surface area contributed by atoms with E-state index in [0.717, 1.165) is 5.56 Å². The molecule has 7 nitrogen and oxygen atoms in total. The van der Waals surface area contributed by atoms with Gasteiger partial charge >= 0.3 is 0 Å². The van der Waals surface area contributed by atoms with Gasteiger partial charge in [0.15, 0.2) is 17.2 Å². The third-order valence-corrected chi connectivity index (χ3v) is 5.03. The van der Waals surface area contributed by atoms with E-state index >= 15 is 0 Å². The van der Waals surface area contributed by atoms with Gasteiger partial charge in [0, 0.05) is 12.6 Å². The first-order valence-electron chi connectivity index (χ1n) is 9.62. The molecular weight excluding hydrogens is 455 g/mol. The molecule has 0 bridgehead atoms. The van der Waals surface area contributed by atoms with Crippen LogP contribution in [0.15, 0.2) is 48.7 Å². The van der Waals surface area contributed by atoms with Crippen molar-refractivity contribution in [3.63, 3.8) is 0 Å². The fourth-order valence-corrected chi connectivity index (χ4v) is 3.48. The van der Waals surface area contributed by atoms with Crippen LogP contribution in [0.3, 0.4) is 0 Å². The van der Waals surface area contributed by atoms with Crippen LogP contribution in [0.2, 0.25) is 10.0 Å². The fraction of sp³-hybridized carbons (Fsp3) is 0.217. The van der Waals surface area contributed by atoms with Crippen molar-refractivity contribution in [2.24, 2.45) is 0 Å². The zero-order chi connectivity index (χ0) is 23.1. The number of carbonyl (C=O) groups is 1. The van der Waals surface area contributed by atoms with Crippen molar-refractivity contribution in [3.8, 4) is 28.9 Å². The lowest BCUT2D eigenvalue weighted by Crippen LogP contribution is -2.13. The molecule has 3 rings (SSSR count). The van der Waals surface area contributed by atoms with Crippen LogP contribution in [-0.4, -0.2) is 32.2 Å². The van der Waals surface area contributed by atoms with Crippen LogP contribution in [0.1, 0.15) is 12.0 Å². The van der Waals surface area contributed by atoms with Gasteiger partial charge in [0.25, 0.3) is 0 Å². The lowest BCUT2D eigenvalue weighted by atomic mass is 10.1. The summed E-state index contributed by atoms with van der Waals surface area (Å²) in [5.41, 5.74) is 1.31. The van der Waals surface area contributed by atoms with E-state index in [-0.39, 0.29) is 23.2 Å². The molecule has 0 unspecified atom stereocenters. The summed E-state index contributed by atoms with van der Waals surface area (Å²) >= 11 is 12.0. The molecule has 1 amide bonds. The molecule has 1 aromatic heterocycles. The highest BCUT2D eigenvalue weighted by atomic mass is 35.5. The Morgan fingerprint density at radius 1 is 0.969 bits per heavy atom. The Balaban J connectivity index is 1.71. The number of para-hydroxylation sites is 2. The number of methoxy groups -OCH3 is 3. The number of hydrogen-bond donors (Lipinski definition) is 1. The first-order chi connectivity index (χ1) is 15.5. The summed E-state index contributed by atoms with van der Waals surface area (Å²) < 4.78 is 22.0. The molecule has 0 aliphatic carbocycles. The third kappa shape index (κ3) is 5.55. The van der Waals surface area contributed by atoms with Gasteiger partial charge in [-0.3, -0.25) is 4.79 Å². The Morgan fingerprint density at radius 2 is 1.72 bits per heavy atom. The van der Waals surface area contributed by atoms with Crippen molar-refractivity contribution in [2.45, 2.75) is 12.8 Å². The summed E-state index contributed by atoms with van der Waals surface area (Å²) in [4.78, 5) is 16.7. The lowest BCUT2D eigenvalue weighted by molar-refractivity contribution is -0.116. The molecule has 0 fully saturated rings. The van der Waals surface area contributed by atoms with Crippen LogP contribution < -0.4 is 24.3 Å². The lowest BCUT2D eigenvalue weighted by Gasteiger charge is -2.16. The summed E-state index contributed by atoms with van der Waals surface area (Å²) in [5, 5.41) is 3.52. The number of hydrogen-bond acceptors (Lipinski definition) is 6. The molecule has 2 aromatic carbocycles. The number of aryl methyl sites for hydroxylation is 1. The van der Waals surface area contributed by atoms with Crippen molar-refractivity contribution in [3.05, 3.63) is 64.3 Å². The van der Waals surface area contributed by atoms with E-state index in [9.17, 15) is 4.79 Å². The van der Waals surface area contributed by atoms with Crippen LogP contribution >= 0.6 is 23.2 Å². The first kappa shape index (κ1) is 23.5. The molecule has 9 heteroatoms. The molecule has 168 valence electrons. The number of anilines is 1. The zero-order valence-corrected chi connectivity index (χ0v) is 19.3. The average Bonchev–Trinajstić information content (AvgIpc) is 2.79. The number of ether oxygens (including phenoxy) is 4. The first-order valence-corrected chi connectivity index (χ1v) is 10.4. The molecule has 1 heterocycles. The quantitative estimate of drug-likeness (QED) is 0.421. The van der Waals surface area contributed by atoms with Gasteiger partial charge in [0.1, 0.15) is 5.02 Å². The standard InChI is InChI=1S/C23H22Cl2N2O5/c1-29-19-10-8-14(21(30-2)22(19)31-3)9-11-20(28)27-17-6-4-5-7-18(17)32-23-16(25)12-15(24)13-26-23/h4-8,10,12-13H,9,11H2,1-3H3,(H,27,28). The van der Waals surface area contributed by atoms with Gasteiger partial charge in [-0.2, -0.15) is 0 Å². The predicted molar refractivity (Wildman–Crippen MR) is 124 cm³/mol. The molecule has 0 aliphatic heterocycles. The minimum absolute atomic E-state index is 0.188. The second kappa shape index (κ2) is 10.9. The number of benzene rings is 2. The van der Waals surface area contributed by atoms with Gasteiger partial charge < -0.3 is 24.3 Å². The van der Waals surface area contributed by atoms with E-state index in [0.29, 0.717) is 40.1 Å². The smallest absolute Gasteiger partial charge is 0.238 e. The van der Waals surface area contributed by atoms with E-state index in [2.05, 4.69) is 10.3 Å². The monoisotopic (exact) mass is 476 g/mol. The molecule has 3 aromatic rings. The van der Waals surface area contributed by atoms with E-state index in [1.54, 1.807) is 44.6 Å². The molecule has 32 heavy (non-hydrogen) atoms. The highest BCUT2D eigenvalue weighted by Gasteiger charge is 2.17. The minimum Gasteiger partial charge on any atom is -0.493 e. The zero-order valence-electron chi connectivity index (χ0n) is 17.8. The SMILES string of the molecule is COc1ccc(CCC(=O)Nc2ccccc2Oc2ncc(Cl)cc2Cl)c(OC)c1OC. The third-order valence-electron chi connectivity index (χ3n) is 4.55. The van der Waals surface area contributed by atoms with Crippen molar-refractivity contribution < 1.29 is 23.7 Å². The van der Waals surface area contributed by atoms with Crippen molar-refractivity contribution in [1.82, 2.24) is 4.98 Å². The maximum absolute atomic E-state index is 12.7. The summed E-state index contributed by atoms with van der Waals surface area (Å²) in [7, 11) is 4.64. The maximum Gasteiger partial charge on any atom is 0.238 e. The number of nitrogens with zero attached hydrogens (tertiary/aromatic N) is 1. The van der Waals surface area contributed by atoms with E-state index in [1.165, 1.54) is 19.4 Å². The van der Waals surface area contributed by atoms with Crippen molar-refractivity contribution in [2.75, 3.05) is 26.6 Å². The van der Waals surface area contributed by atoms with E-state index in [4.69, 9.17) is 42.1 Å². The molecule has 0 spiro atoms. The predicted octanol–water partition coefficient (Wildman–Crippen LogP) is 5.78. The number of carbonyl (C=O) groups excluding carboxylic acids is 1. The molecule has 0 saturated heterocycles. The molecule has 0 radical (unpaired) electrons. The summed E-state index contributed by atoms with van der Waals surface area (Å²) in [5.74, 6) is 1.96. The summed E-state index contributed by atoms with van der Waals surface area (Å²) in [6.45, 7) is 0. The van der Waals surface area contributed by atoms with Gasteiger partial charge in [0.2, 0.25) is 17.5 Å². The number of nitrogens with one attached hydrogen (secondary N) is 1. The molecule has 0 atom stereocenters. The van der Waals surface area contributed by atoms with Crippen molar-refractivity contribution >= 4 is 34.8 Å². The van der Waals surface area contributed by atoms with Gasteiger partial charge in [0.05, 0.1) is 32.0 Å². The number of aromatic nitrogens is 1. The van der Waals surface area contributed by atoms with E-state index in [1.807, 2.05) is 6.07 Å². The highest BCUT2D eigenvalue weighted by molar-refractivity contribution is 6.35. The maximum atomic E-state index is 12.7. The number of amides is 1. The van der Waals surface area contributed by atoms with Crippen LogP contribution in [-0.2, 0) is 11.2 Å². The van der Waals surface area contributed by atoms with Crippen molar-refractivity contribution in [1.29, 1.82) is 0 Å². The Kier molecular flexibility index (Phi) is 8.03. The fourth-order valence-electron chi connectivity index (χ4n) is 3.06. The van der Waals surface area contributed by atoms with Crippen LogP contribution in [0.5, 0.6) is 28.9 Å². The van der Waals surface area contributed by atoms with Crippen LogP contribution in [0.25, 0.3) is 0 Å². The van der Waals surface area contributed by atoms with E-state index < -0.39 is 0 Å². The number of pyridine rings is 1. The number of rotatable bonds is 9. The normalized spacial score (nSPS) is 10.4. The molecule has 0 aliphatic rings. The Bertz CT molecular complexity index is 1110. The second-order valence-corrected chi connectivity index (χ2v) is 7.42. The van der Waals surface area contributed by atoms with Gasteiger partial charge in [-0.15, -0.1) is 0 Å². The summed E-state index contributed by atoms with van der Waals surface area (Å²) in [6.07, 6.45) is 2.07. The Labute approximate surface area is 196 Å². The van der Waals surface area contributed by atoms with Gasteiger partial charge in [-0.1, -0.05) is 41.4 Å². The second-order valence-electron chi connectivity index (χ2n) is 6.58. The average molecular weight is 477 g/mol. The Hall–Kier alpha value is -3.16. The van der Waals surface area contributed by atoms with Crippen LogP contribution in [0.4, 0.5) is 5.69 Å². The minimum atomic E-state index is -0.201. The van der Waals surface area contributed by atoms with Gasteiger partial charge in [-0.25, -0.2) is 4.98 Å². The highest BCUT2D eigenvalue weighted by Crippen LogP contribution is 2.40. The topological polar surface area (TPSA) is 78.9 Å². The molecule has 1 N–H and O–H groups in total. The molecule has 0 saturated carbocycles. The van der Waals surface area contributed by atoms with Gasteiger partial charge in [-0.05, 0) is 36.2 Å². The largest absolute Gasteiger partial charge is 0.493 e. The Morgan fingerprint density at radius 3 is 2.41 bits per heavy atom. The molecular formula is C23H22Cl2N2O5. The number of halogens is 2.